The molecule has 0 heterocycles. The molecule has 0 unspecified atom stereocenters. The fraction of sp³-hybridized carbons (Fsp3) is 1.00. The summed E-state index contributed by atoms with van der Waals surface area (Å²) >= 11 is 0. The van der Waals surface area contributed by atoms with Crippen molar-refractivity contribution in [3.05, 3.63) is 0 Å². The molecule has 0 radical (unpaired) electrons. The highest BCUT2D eigenvalue weighted by atomic mass is 28.4. The number of halogens is 3. The normalized spacial score (nSPS) is 14.0. The summed E-state index contributed by atoms with van der Waals surface area (Å²) in [5.41, 5.74) is 0. The van der Waals surface area contributed by atoms with Gasteiger partial charge in [0.1, 0.15) is 0 Å². The molecule has 0 amide bonds. The first-order chi connectivity index (χ1) is 7.96. The molecule has 110 valence electrons. The lowest BCUT2D eigenvalue weighted by molar-refractivity contribution is -0.135. The molecular formula is C13H27F3OSi. The minimum atomic E-state index is -4.00. The van der Waals surface area contributed by atoms with E-state index >= 15 is 0 Å². The number of hydrogen-bond donors (Lipinski definition) is 0. The van der Waals surface area contributed by atoms with Crippen LogP contribution in [0.25, 0.3) is 0 Å². The lowest BCUT2D eigenvalue weighted by atomic mass is 10.1. The predicted molar refractivity (Wildman–Crippen MR) is 72.3 cm³/mol. The van der Waals surface area contributed by atoms with Crippen molar-refractivity contribution in [2.24, 2.45) is 0 Å². The third-order valence-corrected chi connectivity index (χ3v) is 8.16. The van der Waals surface area contributed by atoms with Gasteiger partial charge in [-0.3, -0.25) is 0 Å². The maximum Gasteiger partial charge on any atom is 0.389 e. The van der Waals surface area contributed by atoms with E-state index in [1.54, 1.807) is 0 Å². The summed E-state index contributed by atoms with van der Waals surface area (Å²) in [6.45, 7) is 11.6. The van der Waals surface area contributed by atoms with Crippen LogP contribution in [0, 0.1) is 0 Å². The van der Waals surface area contributed by atoms with Gasteiger partial charge in [0.05, 0.1) is 0 Å². The van der Waals surface area contributed by atoms with Crippen LogP contribution >= 0.6 is 0 Å². The van der Waals surface area contributed by atoms with Gasteiger partial charge in [0, 0.05) is 13.0 Å². The van der Waals surface area contributed by atoms with Gasteiger partial charge in [0.15, 0.2) is 8.32 Å². The molecule has 0 aliphatic rings. The van der Waals surface area contributed by atoms with Gasteiger partial charge < -0.3 is 4.43 Å². The van der Waals surface area contributed by atoms with Crippen LogP contribution in [0.4, 0.5) is 13.2 Å². The molecule has 0 N–H and O–H groups in total. The molecule has 18 heavy (non-hydrogen) atoms. The molecule has 0 aromatic rings. The zero-order valence-corrected chi connectivity index (χ0v) is 13.3. The van der Waals surface area contributed by atoms with Crippen LogP contribution in [0.3, 0.4) is 0 Å². The number of rotatable bonds is 7. The first-order valence-corrected chi connectivity index (χ1v) is 9.57. The lowest BCUT2D eigenvalue weighted by Crippen LogP contribution is -2.40. The Labute approximate surface area is 110 Å². The predicted octanol–water partition coefficient (Wildman–Crippen LogP) is 5.52. The molecule has 0 saturated carbocycles. The summed E-state index contributed by atoms with van der Waals surface area (Å²) in [4.78, 5) is 0. The van der Waals surface area contributed by atoms with Crippen molar-refractivity contribution in [3.63, 3.8) is 0 Å². The number of hydrogen-bond acceptors (Lipinski definition) is 1. The van der Waals surface area contributed by atoms with Crippen molar-refractivity contribution >= 4 is 8.32 Å². The zero-order valence-electron chi connectivity index (χ0n) is 12.3. The summed E-state index contributed by atoms with van der Waals surface area (Å²) < 4.78 is 41.7. The van der Waals surface area contributed by atoms with Gasteiger partial charge in [0.25, 0.3) is 0 Å². The quantitative estimate of drug-likeness (QED) is 0.442. The molecular weight excluding hydrogens is 257 g/mol. The smallest absolute Gasteiger partial charge is 0.389 e. The van der Waals surface area contributed by atoms with Gasteiger partial charge in [0.2, 0.25) is 0 Å². The highest BCUT2D eigenvalue weighted by Crippen LogP contribution is 2.36. The third kappa shape index (κ3) is 8.14. The molecule has 0 aromatic heterocycles. The highest BCUT2D eigenvalue weighted by molar-refractivity contribution is 6.74. The Hall–Kier alpha value is -0.0331. The molecule has 0 aromatic carbocycles. The van der Waals surface area contributed by atoms with Crippen LogP contribution in [0.5, 0.6) is 0 Å². The minimum Gasteiger partial charge on any atom is -0.417 e. The van der Waals surface area contributed by atoms with Gasteiger partial charge in [-0.1, -0.05) is 33.6 Å². The van der Waals surface area contributed by atoms with Crippen molar-refractivity contribution in [3.8, 4) is 0 Å². The third-order valence-electron chi connectivity index (χ3n) is 3.62. The van der Waals surface area contributed by atoms with E-state index < -0.39 is 20.9 Å². The van der Waals surface area contributed by atoms with Crippen LogP contribution in [-0.2, 0) is 4.43 Å². The van der Waals surface area contributed by atoms with E-state index in [-0.39, 0.29) is 11.5 Å². The van der Waals surface area contributed by atoms with E-state index in [4.69, 9.17) is 4.43 Å². The van der Waals surface area contributed by atoms with Crippen LogP contribution in [0.2, 0.25) is 18.1 Å². The van der Waals surface area contributed by atoms with Crippen molar-refractivity contribution in [1.29, 1.82) is 0 Å². The summed E-state index contributed by atoms with van der Waals surface area (Å²) in [5, 5.41) is 0.198. The average Bonchev–Trinajstić information content (AvgIpc) is 2.12. The van der Waals surface area contributed by atoms with Gasteiger partial charge in [-0.25, -0.2) is 0 Å². The summed E-state index contributed by atoms with van der Waals surface area (Å²) in [6.07, 6.45) is -2.09. The fourth-order valence-corrected chi connectivity index (χ4v) is 2.41. The van der Waals surface area contributed by atoms with Crippen LogP contribution in [0.15, 0.2) is 0 Å². The van der Waals surface area contributed by atoms with Crippen LogP contribution in [-0.4, -0.2) is 21.1 Å². The SMILES string of the molecule is CC(C)(C)[Si](C)(C)OCCCCCCC(F)(F)F. The number of alkyl halides is 3. The molecule has 1 nitrogen and oxygen atoms in total. The molecule has 0 atom stereocenters. The second-order valence-corrected chi connectivity index (χ2v) is 11.2. The lowest BCUT2D eigenvalue weighted by Gasteiger charge is -2.36. The minimum absolute atomic E-state index is 0.198. The first kappa shape index (κ1) is 18.0. The zero-order chi connectivity index (χ0) is 14.4. The second-order valence-electron chi connectivity index (χ2n) is 6.39. The topological polar surface area (TPSA) is 9.23 Å². The van der Waals surface area contributed by atoms with Crippen LogP contribution < -0.4 is 0 Å². The van der Waals surface area contributed by atoms with E-state index in [1.165, 1.54) is 0 Å². The van der Waals surface area contributed by atoms with Crippen LogP contribution in [0.1, 0.15) is 52.9 Å². The van der Waals surface area contributed by atoms with Gasteiger partial charge in [-0.05, 0) is 31.0 Å². The standard InChI is InChI=1S/C13H27F3OSi/c1-12(2,3)18(4,5)17-11-9-7-6-8-10-13(14,15)16/h6-11H2,1-5H3. The maximum absolute atomic E-state index is 11.9. The molecule has 0 saturated heterocycles. The largest absolute Gasteiger partial charge is 0.417 e. The summed E-state index contributed by atoms with van der Waals surface area (Å²) in [5.74, 6) is 0. The molecule has 0 rings (SSSR count). The van der Waals surface area contributed by atoms with Gasteiger partial charge in [-0.2, -0.15) is 13.2 Å². The van der Waals surface area contributed by atoms with Crippen molar-refractivity contribution in [2.45, 2.75) is 77.2 Å². The molecule has 5 heteroatoms. The van der Waals surface area contributed by atoms with E-state index in [1.807, 2.05) is 0 Å². The van der Waals surface area contributed by atoms with Gasteiger partial charge in [-0.15, -0.1) is 0 Å². The maximum atomic E-state index is 11.9. The Morgan fingerprint density at radius 1 is 0.889 bits per heavy atom. The highest BCUT2D eigenvalue weighted by Gasteiger charge is 2.36. The van der Waals surface area contributed by atoms with E-state index in [0.717, 1.165) is 12.8 Å². The van der Waals surface area contributed by atoms with Gasteiger partial charge >= 0.3 is 6.18 Å². The Bertz CT molecular complexity index is 231. The molecule has 0 fully saturated rings. The van der Waals surface area contributed by atoms with Crippen molar-refractivity contribution in [2.75, 3.05) is 6.61 Å². The Morgan fingerprint density at radius 2 is 1.39 bits per heavy atom. The molecule has 0 spiro atoms. The fourth-order valence-electron chi connectivity index (χ4n) is 1.32. The molecule has 0 aliphatic heterocycles. The molecule has 0 aliphatic carbocycles. The summed E-state index contributed by atoms with van der Waals surface area (Å²) in [6, 6.07) is 0. The molecule has 0 bridgehead atoms. The van der Waals surface area contributed by atoms with Crippen molar-refractivity contribution in [1.82, 2.24) is 0 Å². The van der Waals surface area contributed by atoms with E-state index in [2.05, 4.69) is 33.9 Å². The number of unbranched alkanes of at least 4 members (excludes halogenated alkanes) is 3. The Morgan fingerprint density at radius 3 is 1.83 bits per heavy atom. The summed E-state index contributed by atoms with van der Waals surface area (Å²) in [7, 11) is -1.68. The van der Waals surface area contributed by atoms with Crippen molar-refractivity contribution < 1.29 is 17.6 Å². The Kier molecular flexibility index (Phi) is 6.93. The monoisotopic (exact) mass is 284 g/mol. The average molecular weight is 284 g/mol. The second kappa shape index (κ2) is 6.94. The first-order valence-electron chi connectivity index (χ1n) is 6.66. The Balaban J connectivity index is 3.58. The van der Waals surface area contributed by atoms with E-state index in [9.17, 15) is 13.2 Å². The van der Waals surface area contributed by atoms with E-state index in [0.29, 0.717) is 13.0 Å².